The number of nitrogens with two attached hydrogens (primary N) is 1. The summed E-state index contributed by atoms with van der Waals surface area (Å²) in [5.74, 6) is 0.706. The Balaban J connectivity index is 2.97. The van der Waals surface area contributed by atoms with E-state index in [0.717, 1.165) is 26.2 Å². The molecule has 2 heteroatoms. The van der Waals surface area contributed by atoms with Crippen LogP contribution in [-0.4, -0.2) is 19.8 Å². The van der Waals surface area contributed by atoms with Gasteiger partial charge in [-0.25, -0.2) is 0 Å². The molecule has 0 heterocycles. The van der Waals surface area contributed by atoms with Crippen LogP contribution in [0.4, 0.5) is 0 Å². The third-order valence-corrected chi connectivity index (χ3v) is 1.68. The molecule has 0 aromatic carbocycles. The molecular weight excluding hydrogens is 138 g/mol. The fourth-order valence-electron chi connectivity index (χ4n) is 1.05. The molecule has 0 aromatic heterocycles. The Morgan fingerprint density at radius 1 is 1.45 bits per heavy atom. The summed E-state index contributed by atoms with van der Waals surface area (Å²) in [6.07, 6.45) is 3.50. The molecule has 0 aliphatic heterocycles. The van der Waals surface area contributed by atoms with Crippen LogP contribution in [0.25, 0.3) is 0 Å². The zero-order valence-corrected chi connectivity index (χ0v) is 7.81. The van der Waals surface area contributed by atoms with Crippen molar-refractivity contribution in [1.82, 2.24) is 0 Å². The highest BCUT2D eigenvalue weighted by Crippen LogP contribution is 2.04. The number of hydrogen-bond acceptors (Lipinski definition) is 2. The highest BCUT2D eigenvalue weighted by atomic mass is 16.5. The summed E-state index contributed by atoms with van der Waals surface area (Å²) in [7, 11) is 0. The molecule has 0 aliphatic carbocycles. The number of ether oxygens (including phenoxy) is 1. The van der Waals surface area contributed by atoms with Crippen LogP contribution in [0.5, 0.6) is 0 Å². The van der Waals surface area contributed by atoms with Crippen molar-refractivity contribution in [2.45, 2.75) is 33.1 Å². The summed E-state index contributed by atoms with van der Waals surface area (Å²) in [6, 6.07) is 0. The SMILES string of the molecule is CCCC(C)COCCCN. The highest BCUT2D eigenvalue weighted by Gasteiger charge is 1.98. The number of hydrogen-bond donors (Lipinski definition) is 1. The molecule has 1 unspecified atom stereocenters. The lowest BCUT2D eigenvalue weighted by Gasteiger charge is -2.09. The molecule has 0 saturated carbocycles. The van der Waals surface area contributed by atoms with Crippen molar-refractivity contribution >= 4 is 0 Å². The molecule has 0 spiro atoms. The molecule has 0 aliphatic rings. The molecule has 0 amide bonds. The van der Waals surface area contributed by atoms with Gasteiger partial charge in [-0.3, -0.25) is 0 Å². The minimum absolute atomic E-state index is 0.706. The highest BCUT2D eigenvalue weighted by molar-refractivity contribution is 4.49. The predicted octanol–water partition coefficient (Wildman–Crippen LogP) is 1.79. The third kappa shape index (κ3) is 7.82. The van der Waals surface area contributed by atoms with Gasteiger partial charge in [0.05, 0.1) is 0 Å². The smallest absolute Gasteiger partial charge is 0.0491 e. The molecule has 0 fully saturated rings. The van der Waals surface area contributed by atoms with Crippen molar-refractivity contribution in [2.75, 3.05) is 19.8 Å². The first-order chi connectivity index (χ1) is 5.31. The van der Waals surface area contributed by atoms with Crippen LogP contribution < -0.4 is 5.73 Å². The molecule has 0 radical (unpaired) electrons. The van der Waals surface area contributed by atoms with E-state index >= 15 is 0 Å². The summed E-state index contributed by atoms with van der Waals surface area (Å²) in [5, 5.41) is 0. The molecule has 11 heavy (non-hydrogen) atoms. The molecule has 0 bridgehead atoms. The summed E-state index contributed by atoms with van der Waals surface area (Å²) in [4.78, 5) is 0. The van der Waals surface area contributed by atoms with Crippen LogP contribution in [0, 0.1) is 5.92 Å². The van der Waals surface area contributed by atoms with Gasteiger partial charge >= 0.3 is 0 Å². The van der Waals surface area contributed by atoms with Gasteiger partial charge < -0.3 is 10.5 Å². The average Bonchev–Trinajstić information content (AvgIpc) is 1.99. The predicted molar refractivity (Wildman–Crippen MR) is 48.6 cm³/mol. The van der Waals surface area contributed by atoms with Gasteiger partial charge in [0.15, 0.2) is 0 Å². The fraction of sp³-hybridized carbons (Fsp3) is 1.00. The maximum Gasteiger partial charge on any atom is 0.0491 e. The van der Waals surface area contributed by atoms with Gasteiger partial charge in [0.1, 0.15) is 0 Å². The van der Waals surface area contributed by atoms with Crippen molar-refractivity contribution in [3.05, 3.63) is 0 Å². The normalized spacial score (nSPS) is 13.4. The van der Waals surface area contributed by atoms with Gasteiger partial charge in [0.25, 0.3) is 0 Å². The quantitative estimate of drug-likeness (QED) is 0.575. The second-order valence-corrected chi connectivity index (χ2v) is 3.11. The van der Waals surface area contributed by atoms with Gasteiger partial charge in [0.2, 0.25) is 0 Å². The Kier molecular flexibility index (Phi) is 7.96. The molecule has 2 nitrogen and oxygen atoms in total. The first-order valence-corrected chi connectivity index (χ1v) is 4.59. The van der Waals surface area contributed by atoms with Crippen LogP contribution >= 0.6 is 0 Å². The lowest BCUT2D eigenvalue weighted by Crippen LogP contribution is -2.09. The van der Waals surface area contributed by atoms with E-state index in [0.29, 0.717) is 5.92 Å². The molecule has 2 N–H and O–H groups in total. The standard InChI is InChI=1S/C9H21NO/c1-3-5-9(2)8-11-7-4-6-10/h9H,3-8,10H2,1-2H3. The monoisotopic (exact) mass is 159 g/mol. The van der Waals surface area contributed by atoms with E-state index in [4.69, 9.17) is 10.5 Å². The first-order valence-electron chi connectivity index (χ1n) is 4.59. The Bertz CT molecular complexity index is 76.0. The Labute approximate surface area is 70.1 Å². The second-order valence-electron chi connectivity index (χ2n) is 3.11. The molecule has 0 rings (SSSR count). The largest absolute Gasteiger partial charge is 0.381 e. The molecule has 68 valence electrons. The van der Waals surface area contributed by atoms with E-state index in [-0.39, 0.29) is 0 Å². The molecule has 0 aromatic rings. The maximum absolute atomic E-state index is 5.41. The van der Waals surface area contributed by atoms with Crippen LogP contribution in [0.15, 0.2) is 0 Å². The van der Waals surface area contributed by atoms with E-state index in [9.17, 15) is 0 Å². The summed E-state index contributed by atoms with van der Waals surface area (Å²) in [5.41, 5.74) is 5.32. The first kappa shape index (κ1) is 10.9. The topological polar surface area (TPSA) is 35.2 Å². The third-order valence-electron chi connectivity index (χ3n) is 1.68. The van der Waals surface area contributed by atoms with Crippen LogP contribution in [-0.2, 0) is 4.74 Å². The maximum atomic E-state index is 5.41. The van der Waals surface area contributed by atoms with Gasteiger partial charge in [-0.15, -0.1) is 0 Å². The van der Waals surface area contributed by atoms with Crippen molar-refractivity contribution in [1.29, 1.82) is 0 Å². The van der Waals surface area contributed by atoms with E-state index in [2.05, 4.69) is 13.8 Å². The lowest BCUT2D eigenvalue weighted by atomic mass is 10.1. The minimum Gasteiger partial charge on any atom is -0.381 e. The zero-order valence-electron chi connectivity index (χ0n) is 7.81. The fourth-order valence-corrected chi connectivity index (χ4v) is 1.05. The summed E-state index contributed by atoms with van der Waals surface area (Å²) in [6.45, 7) is 6.89. The second kappa shape index (κ2) is 8.02. The van der Waals surface area contributed by atoms with Crippen LogP contribution in [0.1, 0.15) is 33.1 Å². The minimum atomic E-state index is 0.706. The Hall–Kier alpha value is -0.0800. The van der Waals surface area contributed by atoms with E-state index in [1.807, 2.05) is 0 Å². The van der Waals surface area contributed by atoms with Gasteiger partial charge in [0, 0.05) is 13.2 Å². The van der Waals surface area contributed by atoms with E-state index < -0.39 is 0 Å². The van der Waals surface area contributed by atoms with Crippen molar-refractivity contribution in [2.24, 2.45) is 11.7 Å². The van der Waals surface area contributed by atoms with Crippen LogP contribution in [0.3, 0.4) is 0 Å². The number of rotatable bonds is 7. The van der Waals surface area contributed by atoms with Gasteiger partial charge in [-0.05, 0) is 25.3 Å². The molecule has 1 atom stereocenters. The molecular formula is C9H21NO. The van der Waals surface area contributed by atoms with E-state index in [1.165, 1.54) is 12.8 Å². The Morgan fingerprint density at radius 3 is 2.73 bits per heavy atom. The average molecular weight is 159 g/mol. The van der Waals surface area contributed by atoms with Gasteiger partial charge in [-0.1, -0.05) is 20.3 Å². The van der Waals surface area contributed by atoms with Gasteiger partial charge in [-0.2, -0.15) is 0 Å². The Morgan fingerprint density at radius 2 is 2.18 bits per heavy atom. The van der Waals surface area contributed by atoms with Crippen molar-refractivity contribution in [3.63, 3.8) is 0 Å². The van der Waals surface area contributed by atoms with Crippen molar-refractivity contribution < 1.29 is 4.74 Å². The summed E-state index contributed by atoms with van der Waals surface area (Å²) >= 11 is 0. The van der Waals surface area contributed by atoms with E-state index in [1.54, 1.807) is 0 Å². The zero-order chi connectivity index (χ0) is 8.53. The van der Waals surface area contributed by atoms with Crippen molar-refractivity contribution in [3.8, 4) is 0 Å². The summed E-state index contributed by atoms with van der Waals surface area (Å²) < 4.78 is 5.41. The van der Waals surface area contributed by atoms with Crippen LogP contribution in [0.2, 0.25) is 0 Å². The lowest BCUT2D eigenvalue weighted by molar-refractivity contribution is 0.101. The molecule has 0 saturated heterocycles.